The van der Waals surface area contributed by atoms with Crippen LogP contribution in [0.1, 0.15) is 285 Å². The maximum absolute atomic E-state index is 13.1. The van der Waals surface area contributed by atoms with Gasteiger partial charge in [-0.25, -0.2) is 9.13 Å². The summed E-state index contributed by atoms with van der Waals surface area (Å²) in [5, 5.41) is 10.6. The molecule has 570 valence electrons. The molecule has 0 aromatic rings. The minimum Gasteiger partial charge on any atom is -0.462 e. The number of aliphatic hydroxyl groups excluding tert-OH is 1. The van der Waals surface area contributed by atoms with Crippen molar-refractivity contribution < 1.29 is 80.2 Å². The molecule has 0 rings (SSSR count). The highest BCUT2D eigenvalue weighted by molar-refractivity contribution is 7.47. The molecule has 0 aromatic carbocycles. The van der Waals surface area contributed by atoms with Gasteiger partial charge in [-0.2, -0.15) is 0 Å². The van der Waals surface area contributed by atoms with Crippen molar-refractivity contribution in [3.8, 4) is 0 Å². The van der Waals surface area contributed by atoms with Gasteiger partial charge in [0.05, 0.1) is 26.4 Å². The van der Waals surface area contributed by atoms with E-state index in [0.717, 1.165) is 167 Å². The molecule has 0 aliphatic heterocycles. The van der Waals surface area contributed by atoms with E-state index in [1.165, 1.54) is 32.1 Å². The van der Waals surface area contributed by atoms with Crippen molar-refractivity contribution in [1.82, 2.24) is 0 Å². The molecule has 0 saturated carbocycles. The van der Waals surface area contributed by atoms with Crippen LogP contribution in [0, 0.1) is 0 Å². The van der Waals surface area contributed by atoms with Crippen LogP contribution in [0.4, 0.5) is 0 Å². The number of phosphoric ester groups is 2. The highest BCUT2D eigenvalue weighted by Crippen LogP contribution is 2.45. The molecule has 0 spiro atoms. The maximum Gasteiger partial charge on any atom is 0.472 e. The zero-order chi connectivity index (χ0) is 73.2. The van der Waals surface area contributed by atoms with Crippen molar-refractivity contribution in [3.05, 3.63) is 146 Å². The average Bonchev–Trinajstić information content (AvgIpc) is 0.966. The van der Waals surface area contributed by atoms with Gasteiger partial charge in [0.1, 0.15) is 19.3 Å². The lowest BCUT2D eigenvalue weighted by atomic mass is 10.1. The smallest absolute Gasteiger partial charge is 0.462 e. The van der Waals surface area contributed by atoms with E-state index in [9.17, 15) is 43.2 Å². The summed E-state index contributed by atoms with van der Waals surface area (Å²) in [6.45, 7) is 4.43. The third kappa shape index (κ3) is 71.3. The van der Waals surface area contributed by atoms with Crippen LogP contribution in [0.2, 0.25) is 0 Å². The Morgan fingerprint density at radius 1 is 0.290 bits per heavy atom. The van der Waals surface area contributed by atoms with Crippen LogP contribution in [0.5, 0.6) is 0 Å². The van der Waals surface area contributed by atoms with Crippen molar-refractivity contribution in [2.75, 3.05) is 39.6 Å². The first-order valence-corrected chi connectivity index (χ1v) is 41.1. The van der Waals surface area contributed by atoms with Crippen molar-refractivity contribution in [2.45, 2.75) is 303 Å². The van der Waals surface area contributed by atoms with Crippen LogP contribution >= 0.6 is 15.6 Å². The monoisotopic (exact) mass is 1440 g/mol. The van der Waals surface area contributed by atoms with Crippen LogP contribution < -0.4 is 0 Å². The first kappa shape index (κ1) is 94.9. The minimum atomic E-state index is -5.00. The minimum absolute atomic E-state index is 0.0288. The van der Waals surface area contributed by atoms with E-state index in [4.69, 9.17) is 37.0 Å². The number of hydrogen-bond acceptors (Lipinski definition) is 15. The Bertz CT molecular complexity index is 2470. The van der Waals surface area contributed by atoms with Crippen LogP contribution in [0.15, 0.2) is 146 Å². The molecule has 0 amide bonds. The number of rotatable bonds is 70. The van der Waals surface area contributed by atoms with Gasteiger partial charge < -0.3 is 33.8 Å². The topological polar surface area (TPSA) is 237 Å². The number of allylic oxidation sites excluding steroid dienone is 24. The predicted molar refractivity (Wildman–Crippen MR) is 408 cm³/mol. The summed E-state index contributed by atoms with van der Waals surface area (Å²) in [6, 6.07) is 0. The zero-order valence-corrected chi connectivity index (χ0v) is 63.9. The van der Waals surface area contributed by atoms with E-state index in [2.05, 4.69) is 174 Å². The molecule has 0 aliphatic carbocycles. The molecule has 0 aliphatic rings. The highest BCUT2D eigenvalue weighted by atomic mass is 31.2. The summed E-state index contributed by atoms with van der Waals surface area (Å²) < 4.78 is 68.3. The fourth-order valence-electron chi connectivity index (χ4n) is 9.48. The summed E-state index contributed by atoms with van der Waals surface area (Å²) in [5.74, 6) is -2.30. The number of ether oxygens (including phenoxy) is 4. The third-order valence-electron chi connectivity index (χ3n) is 15.3. The van der Waals surface area contributed by atoms with Gasteiger partial charge in [0.2, 0.25) is 0 Å². The van der Waals surface area contributed by atoms with E-state index in [1.807, 2.05) is 0 Å². The SMILES string of the molecule is CC/C=C\C/C=C\C/C=C\C/C=C\CCCCC(=O)OCC(COP(=O)(O)OCC(O)COP(=O)(O)OCC(COC(=O)CCCCCCCC/C=C\C/C=C\C/C=C\CCCCC)OC(=O)CCCCCCC/C=C\CCCC)OC(=O)CCCC/C=C\C/C=C\C/C=C\C/C=C\CC. The molecule has 100 heavy (non-hydrogen) atoms. The van der Waals surface area contributed by atoms with E-state index < -0.39 is 97.5 Å². The second-order valence-electron chi connectivity index (χ2n) is 24.8. The molecule has 3 N–H and O–H groups in total. The summed E-state index contributed by atoms with van der Waals surface area (Å²) in [4.78, 5) is 72.8. The molecule has 0 radical (unpaired) electrons. The number of hydrogen-bond donors (Lipinski definition) is 3. The first-order chi connectivity index (χ1) is 48.7. The van der Waals surface area contributed by atoms with Gasteiger partial charge in [0, 0.05) is 25.7 Å². The highest BCUT2D eigenvalue weighted by Gasteiger charge is 2.30. The van der Waals surface area contributed by atoms with Crippen LogP contribution in [0.25, 0.3) is 0 Å². The Balaban J connectivity index is 5.40. The number of carbonyl (C=O) groups is 4. The molecule has 0 bridgehead atoms. The molecule has 0 saturated heterocycles. The van der Waals surface area contributed by atoms with E-state index in [1.54, 1.807) is 0 Å². The first-order valence-electron chi connectivity index (χ1n) is 38.1. The summed E-state index contributed by atoms with van der Waals surface area (Å²) in [6.07, 6.45) is 81.4. The fourth-order valence-corrected chi connectivity index (χ4v) is 11.1. The molecule has 19 heteroatoms. The van der Waals surface area contributed by atoms with Crippen LogP contribution in [0.3, 0.4) is 0 Å². The second-order valence-corrected chi connectivity index (χ2v) is 27.7. The zero-order valence-electron chi connectivity index (χ0n) is 62.1. The molecule has 5 atom stereocenters. The van der Waals surface area contributed by atoms with Gasteiger partial charge in [0.25, 0.3) is 0 Å². The largest absolute Gasteiger partial charge is 0.472 e. The quantitative estimate of drug-likeness (QED) is 0.0169. The number of aliphatic hydroxyl groups is 1. The van der Waals surface area contributed by atoms with E-state index in [-0.39, 0.29) is 25.7 Å². The number of unbranched alkanes of at least 4 members (excludes halogenated alkanes) is 20. The lowest BCUT2D eigenvalue weighted by molar-refractivity contribution is -0.161. The van der Waals surface area contributed by atoms with Gasteiger partial charge in [-0.15, -0.1) is 0 Å². The van der Waals surface area contributed by atoms with Crippen molar-refractivity contribution in [1.29, 1.82) is 0 Å². The van der Waals surface area contributed by atoms with Crippen LogP contribution in [-0.4, -0.2) is 96.7 Å². The lowest BCUT2D eigenvalue weighted by Gasteiger charge is -2.21. The molecule has 0 heterocycles. The Hall–Kier alpha value is -5.06. The number of esters is 4. The van der Waals surface area contributed by atoms with Crippen molar-refractivity contribution in [2.24, 2.45) is 0 Å². The van der Waals surface area contributed by atoms with Gasteiger partial charge in [-0.05, 0) is 161 Å². The van der Waals surface area contributed by atoms with Crippen LogP contribution in [-0.2, 0) is 65.4 Å². The Morgan fingerprint density at radius 2 is 0.530 bits per heavy atom. The van der Waals surface area contributed by atoms with Gasteiger partial charge in [0.15, 0.2) is 12.2 Å². The summed E-state index contributed by atoms with van der Waals surface area (Å²) in [7, 11) is -9.99. The molecule has 0 aromatic heterocycles. The van der Waals surface area contributed by atoms with E-state index >= 15 is 0 Å². The molecular formula is C81H134O17P2. The second kappa shape index (κ2) is 72.3. The van der Waals surface area contributed by atoms with Crippen molar-refractivity contribution >= 4 is 39.5 Å². The third-order valence-corrected chi connectivity index (χ3v) is 17.2. The maximum atomic E-state index is 13.1. The van der Waals surface area contributed by atoms with Gasteiger partial charge in [-0.1, -0.05) is 244 Å². The van der Waals surface area contributed by atoms with Gasteiger partial charge >= 0.3 is 39.5 Å². The average molecular weight is 1440 g/mol. The molecule has 5 unspecified atom stereocenters. The molecular weight excluding hydrogens is 1310 g/mol. The normalized spacial score (nSPS) is 14.8. The number of carbonyl (C=O) groups excluding carboxylic acids is 4. The van der Waals surface area contributed by atoms with Gasteiger partial charge in [-0.3, -0.25) is 37.3 Å². The number of phosphoric acid groups is 2. The Labute approximate surface area is 605 Å². The van der Waals surface area contributed by atoms with E-state index in [0.29, 0.717) is 32.1 Å². The molecule has 0 fully saturated rings. The lowest BCUT2D eigenvalue weighted by Crippen LogP contribution is -2.30. The summed E-state index contributed by atoms with van der Waals surface area (Å²) in [5.41, 5.74) is 0. The Morgan fingerprint density at radius 3 is 0.860 bits per heavy atom. The standard InChI is InChI=1S/C81H134O17P2/c1-5-9-13-17-21-25-29-32-35-36-37-38-41-43-47-50-54-58-62-66-79(84)91-71-76(97-80(85)67-63-59-55-51-45-28-24-20-16-12-8-4)73-95-99(87,88)93-69-75(82)70-94-100(89,90)96-74-77(98-81(86)68-64-60-56-52-48-44-40-34-31-27-23-19-15-11-7-3)72-92-78(83)65-61-57-53-49-46-42-39-33-30-26-22-18-14-10-6-2/h10-11,14-15,20-27,32-35,37-40,46,48-49,52,75-77,82H,5-9,12-13,16-19,28-31,36,41-45,47,50-51,53-74H2,1-4H3,(H,87,88)(H,89,90)/b14-10-,15-11-,24-20-,25-21-,26-22-,27-23-,35-32-,38-37-,39-33-,40-34-,49-46-,52-48-. The van der Waals surface area contributed by atoms with Crippen molar-refractivity contribution in [3.63, 3.8) is 0 Å². The fraction of sp³-hybridized carbons (Fsp3) is 0.654. The molecule has 17 nitrogen and oxygen atoms in total. The Kier molecular flexibility index (Phi) is 68.6. The predicted octanol–water partition coefficient (Wildman–Crippen LogP) is 21.9. The summed E-state index contributed by atoms with van der Waals surface area (Å²) >= 11 is 0.